The first-order chi connectivity index (χ1) is 37.0. The smallest absolute Gasteiger partial charge is 0.0323 e. The van der Waals surface area contributed by atoms with E-state index >= 15 is 0 Å². The number of alkyl halides is 3. The van der Waals surface area contributed by atoms with Crippen LogP contribution < -0.4 is 0 Å². The fraction of sp³-hybridized carbons (Fsp3) is 1.00. The molecule has 0 aliphatic heterocycles. The van der Waals surface area contributed by atoms with E-state index in [1.54, 1.807) is 173 Å². The first kappa shape index (κ1) is 48.5. The van der Waals surface area contributed by atoms with E-state index in [2.05, 4.69) is 75.5 Å². The lowest BCUT2D eigenvalue weighted by Gasteiger charge is -2.77. The molecule has 0 saturated heterocycles. The van der Waals surface area contributed by atoms with Gasteiger partial charge in [-0.1, -0.05) is 75.5 Å². The molecule has 0 heterocycles. The van der Waals surface area contributed by atoms with Crippen molar-refractivity contribution >= 4 is 47.8 Å². The van der Waals surface area contributed by atoms with Crippen molar-refractivity contribution in [3.05, 3.63) is 0 Å². The monoisotopic (exact) mass is 1230 g/mol. The van der Waals surface area contributed by atoms with Crippen LogP contribution in [0.3, 0.4) is 0 Å². The third-order valence-corrected chi connectivity index (χ3v) is 41.7. The van der Waals surface area contributed by atoms with Crippen LogP contribution in [0, 0.1) is 217 Å². The van der Waals surface area contributed by atoms with E-state index < -0.39 is 0 Å². The Balaban J connectivity index is 0.0000000695. The Labute approximate surface area is 494 Å². The summed E-state index contributed by atoms with van der Waals surface area (Å²) in [6.07, 6.45) is 48.0. The summed E-state index contributed by atoms with van der Waals surface area (Å²) in [6, 6.07) is 0. The van der Waals surface area contributed by atoms with Gasteiger partial charge in [0, 0.05) is 13.0 Å². The van der Waals surface area contributed by atoms with Gasteiger partial charge in [-0.15, -0.1) is 0 Å². The van der Waals surface area contributed by atoms with Crippen LogP contribution >= 0.6 is 47.8 Å². The Morgan fingerprint density at radius 3 is 0.649 bits per heavy atom. The molecule has 0 N–H and O–H groups in total. The maximum absolute atomic E-state index is 4.27. The maximum atomic E-state index is 4.27. The Bertz CT molecular complexity index is 2080. The zero-order valence-corrected chi connectivity index (χ0v) is 53.7. The van der Waals surface area contributed by atoms with Gasteiger partial charge in [0.15, 0.2) is 0 Å². The molecule has 0 amide bonds. The third kappa shape index (κ3) is 5.77. The van der Waals surface area contributed by atoms with Gasteiger partial charge in [-0.05, 0) is 410 Å². The first-order valence-electron chi connectivity index (χ1n) is 36.1. The third-order valence-electron chi connectivity index (χ3n) is 37.2. The molecule has 0 aromatic heterocycles. The average molecular weight is 1230 g/mol. The quantitative estimate of drug-likeness (QED) is 0.212. The summed E-state index contributed by atoms with van der Waals surface area (Å²) in [5, 5.41) is 0. The lowest BCUT2D eigenvalue weighted by Crippen LogP contribution is -2.74. The van der Waals surface area contributed by atoms with E-state index in [0.717, 1.165) is 134 Å². The van der Waals surface area contributed by atoms with Gasteiger partial charge in [0.05, 0.1) is 0 Å². The fourth-order valence-corrected chi connectivity index (χ4v) is 40.8. The Morgan fingerprint density at radius 2 is 0.351 bits per heavy atom. The Kier molecular flexibility index (Phi) is 9.59. The fourth-order valence-electron chi connectivity index (χ4n) is 36.4. The molecule has 422 valence electrons. The Morgan fingerprint density at radius 1 is 0.182 bits per heavy atom. The molecule has 35 fully saturated rings. The number of halogens is 3. The summed E-state index contributed by atoms with van der Waals surface area (Å²) >= 11 is 12.8. The summed E-state index contributed by atoms with van der Waals surface area (Å²) in [6.45, 7) is 10.7. The van der Waals surface area contributed by atoms with Crippen LogP contribution in [0.5, 0.6) is 0 Å². The summed E-state index contributed by atoms with van der Waals surface area (Å²) in [7, 11) is 0. The van der Waals surface area contributed by atoms with E-state index in [4.69, 9.17) is 0 Å². The number of hydrogen-bond donors (Lipinski definition) is 0. The molecule has 0 spiro atoms. The summed E-state index contributed by atoms with van der Waals surface area (Å²) in [5.41, 5.74) is 3.19. The van der Waals surface area contributed by atoms with Gasteiger partial charge in [0.25, 0.3) is 0 Å². The molecule has 16 atom stereocenters. The van der Waals surface area contributed by atoms with Crippen LogP contribution in [0.4, 0.5) is 0 Å². The van der Waals surface area contributed by atoms with Gasteiger partial charge in [-0.2, -0.15) is 0 Å². The van der Waals surface area contributed by atoms with Gasteiger partial charge in [0.2, 0.25) is 0 Å². The van der Waals surface area contributed by atoms with Gasteiger partial charge < -0.3 is 0 Å². The maximum Gasteiger partial charge on any atom is 0.0323 e. The molecule has 16 unspecified atom stereocenters. The van der Waals surface area contributed by atoms with Crippen LogP contribution in [-0.4, -0.2) is 13.0 Å². The van der Waals surface area contributed by atoms with Gasteiger partial charge >= 0.3 is 0 Å². The van der Waals surface area contributed by atoms with Gasteiger partial charge in [-0.25, -0.2) is 0 Å². The largest absolute Gasteiger partial charge is 0.0847 e. The SMILES string of the molecule is BrC12CC3CC4C1CC1CC2C(C3)C4(Br)C1.C1C2CC3C4CC5CC(C14)C(C2)C3C5.CC12CC3CC4C1CC1CC2C(C3)C4(Br)C1.CC12CC3CC4C1CC1CC2C(C3)C4(C)C1.CC12CC3CC4C5CC(CC41)CC2C5C3. The molecule has 0 radical (unpaired) electrons. The van der Waals surface area contributed by atoms with Crippen molar-refractivity contribution < 1.29 is 0 Å². The highest BCUT2D eigenvalue weighted by atomic mass is 79.9. The topological polar surface area (TPSA) is 0 Å². The molecule has 35 aliphatic carbocycles. The van der Waals surface area contributed by atoms with E-state index in [1.165, 1.54) is 102 Å². The predicted octanol–water partition coefficient (Wildman–Crippen LogP) is 19.7. The zero-order chi connectivity index (χ0) is 50.8. The lowest BCUT2D eigenvalue weighted by atomic mass is 9.27. The van der Waals surface area contributed by atoms with Crippen LogP contribution in [0.15, 0.2) is 0 Å². The molecule has 35 rings (SSSR count). The highest BCUT2D eigenvalue weighted by molar-refractivity contribution is 9.10. The minimum Gasteiger partial charge on any atom is -0.0847 e. The van der Waals surface area contributed by atoms with Crippen molar-refractivity contribution in [3.8, 4) is 0 Å². The molecule has 40 bridgehead atoms. The minimum atomic E-state index is 0.581. The zero-order valence-electron chi connectivity index (χ0n) is 48.9. The van der Waals surface area contributed by atoms with Crippen LogP contribution in [0.2, 0.25) is 0 Å². The highest BCUT2D eigenvalue weighted by Crippen LogP contribution is 2.83. The summed E-state index contributed by atoms with van der Waals surface area (Å²) in [4.78, 5) is 0. The van der Waals surface area contributed by atoms with Gasteiger partial charge in [-0.3, -0.25) is 0 Å². The molecule has 3 heteroatoms. The second-order valence-electron chi connectivity index (χ2n) is 38.8. The molecule has 0 aromatic rings. The average Bonchev–Trinajstić information content (AvgIpc) is 3.59. The van der Waals surface area contributed by atoms with Crippen molar-refractivity contribution in [2.24, 2.45) is 217 Å². The first-order valence-corrected chi connectivity index (χ1v) is 38.4. The van der Waals surface area contributed by atoms with Gasteiger partial charge in [0.1, 0.15) is 0 Å². The number of rotatable bonds is 0. The summed E-state index contributed by atoms with van der Waals surface area (Å²) < 4.78 is 1.77. The normalized spacial score (nSPS) is 73.4. The summed E-state index contributed by atoms with van der Waals surface area (Å²) in [5.74, 6) is 37.5. The number of hydrogen-bond acceptors (Lipinski definition) is 0. The predicted molar refractivity (Wildman–Crippen MR) is 321 cm³/mol. The second-order valence-corrected chi connectivity index (χ2v) is 43.2. The van der Waals surface area contributed by atoms with Crippen molar-refractivity contribution in [1.82, 2.24) is 0 Å². The van der Waals surface area contributed by atoms with Crippen molar-refractivity contribution in [2.75, 3.05) is 0 Å². The van der Waals surface area contributed by atoms with E-state index in [1.807, 2.05) is 0 Å². The second kappa shape index (κ2) is 15.2. The van der Waals surface area contributed by atoms with Crippen molar-refractivity contribution in [2.45, 2.75) is 233 Å². The van der Waals surface area contributed by atoms with E-state index in [-0.39, 0.29) is 0 Å². The van der Waals surface area contributed by atoms with Crippen LogP contribution in [0.1, 0.15) is 220 Å². The standard InChI is InChI=1S/C16H24.C15H21Br.C15H22.C14H18Br2.C14H20/c1-15-7-9-5-13-11(15)3-10-4-12(15)14(6-9)16(13,2)8-10;1-14-6-8-4-12-10(14)2-9-3-11(14)13(5-8)15(12,16)7-9;1-15-7-9-3-11-10-2-8(5-13(11)15)6-14(15)12(10)4-9;15-13-6-8-3-10-9(13)1-7-2-11(13)12(4-8)14(10,16)5-7;1-7-2-12-10-4-8-5-11(9(1)10)13(3-7)14(12)6-8/h9-14H,3-8H2,1-2H3;8-13H,2-7H2,1H3;8-14H,2-7H2,1H3;7-12H,1-6H2;7-14H,1-6H2. The van der Waals surface area contributed by atoms with E-state index in [0.29, 0.717) is 13.0 Å². The van der Waals surface area contributed by atoms with Crippen LogP contribution in [0.25, 0.3) is 0 Å². The minimum absolute atomic E-state index is 0.581. The molecule has 0 nitrogen and oxygen atoms in total. The molecule has 35 saturated carbocycles. The molecular formula is C74H105Br3. The molecule has 35 aliphatic rings. The molecule has 77 heavy (non-hydrogen) atoms. The molecular weight excluding hydrogens is 1130 g/mol. The van der Waals surface area contributed by atoms with Crippen LogP contribution in [-0.2, 0) is 0 Å². The van der Waals surface area contributed by atoms with Crippen molar-refractivity contribution in [3.63, 3.8) is 0 Å². The molecule has 0 aromatic carbocycles. The highest BCUT2D eigenvalue weighted by Gasteiger charge is 2.77. The van der Waals surface area contributed by atoms with Crippen molar-refractivity contribution in [1.29, 1.82) is 0 Å². The van der Waals surface area contributed by atoms with E-state index in [9.17, 15) is 0 Å². The lowest BCUT2D eigenvalue weighted by molar-refractivity contribution is -0.286. The Hall–Kier alpha value is 1.44.